The molecule has 1 heterocycles. The van der Waals surface area contributed by atoms with Crippen molar-refractivity contribution in [3.63, 3.8) is 0 Å². The van der Waals surface area contributed by atoms with Crippen LogP contribution in [0.5, 0.6) is 5.75 Å². The standard InChI is InChI=1S/C30H27F3N4O2/c1-5-30(38)35-22-7-6-8-24(16-22)37-20(3)36(19(2)29(37)13-14-34-4)23-9-11-25(12-10-23)39-18-21-15-27(32)28(33)17-26(21)31/h5-17,19H,1,3,18H2,2,4H3,(H,35,38)/b29-13+,34-14-. The average molecular weight is 533 g/mol. The second-order valence-electron chi connectivity index (χ2n) is 8.68. The number of carbonyl (C=O) groups is 1. The summed E-state index contributed by atoms with van der Waals surface area (Å²) in [4.78, 5) is 19.9. The molecule has 6 nitrogen and oxygen atoms in total. The average Bonchev–Trinajstić information content (AvgIpc) is 3.17. The van der Waals surface area contributed by atoms with Crippen LogP contribution in [0.4, 0.5) is 30.2 Å². The van der Waals surface area contributed by atoms with E-state index in [0.29, 0.717) is 23.3 Å². The lowest BCUT2D eigenvalue weighted by Crippen LogP contribution is -2.25. The molecule has 0 aromatic heterocycles. The molecule has 0 radical (unpaired) electrons. The summed E-state index contributed by atoms with van der Waals surface area (Å²) in [5, 5.41) is 2.77. The largest absolute Gasteiger partial charge is 0.489 e. The van der Waals surface area contributed by atoms with Crippen molar-refractivity contribution in [3.05, 3.63) is 121 Å². The molecule has 0 bridgehead atoms. The van der Waals surface area contributed by atoms with Crippen LogP contribution in [0, 0.1) is 17.5 Å². The molecule has 4 rings (SSSR count). The number of hydrogen-bond donors (Lipinski definition) is 1. The SMILES string of the molecule is C=CC(=O)Nc1cccc(N2C(=C)N(c3ccc(OCc4cc(F)c(F)cc4F)cc3)C(C)/C2=C\C=N/C)c1. The van der Waals surface area contributed by atoms with Crippen LogP contribution in [0.2, 0.25) is 0 Å². The van der Waals surface area contributed by atoms with Crippen LogP contribution in [0.3, 0.4) is 0 Å². The molecule has 1 aliphatic rings. The van der Waals surface area contributed by atoms with E-state index in [0.717, 1.165) is 23.1 Å². The highest BCUT2D eigenvalue weighted by molar-refractivity contribution is 5.99. The highest BCUT2D eigenvalue weighted by atomic mass is 19.2. The highest BCUT2D eigenvalue weighted by Gasteiger charge is 2.36. The molecule has 39 heavy (non-hydrogen) atoms. The van der Waals surface area contributed by atoms with Gasteiger partial charge in [-0.3, -0.25) is 14.7 Å². The summed E-state index contributed by atoms with van der Waals surface area (Å²) in [5.74, 6) is -2.48. The quantitative estimate of drug-likeness (QED) is 0.202. The van der Waals surface area contributed by atoms with Gasteiger partial charge in [-0.2, -0.15) is 0 Å². The minimum absolute atomic E-state index is 0.0889. The second-order valence-corrected chi connectivity index (χ2v) is 8.68. The molecule has 9 heteroatoms. The van der Waals surface area contributed by atoms with E-state index in [1.165, 1.54) is 6.08 Å². The molecule has 1 saturated heterocycles. The van der Waals surface area contributed by atoms with Gasteiger partial charge in [0.25, 0.3) is 0 Å². The number of carbonyl (C=O) groups excluding carboxylic acids is 1. The zero-order chi connectivity index (χ0) is 28.1. The molecular weight excluding hydrogens is 505 g/mol. The number of ether oxygens (including phenoxy) is 1. The van der Waals surface area contributed by atoms with Crippen molar-refractivity contribution >= 4 is 29.2 Å². The molecule has 1 unspecified atom stereocenters. The molecule has 1 atom stereocenters. The Morgan fingerprint density at radius 2 is 1.77 bits per heavy atom. The summed E-state index contributed by atoms with van der Waals surface area (Å²) < 4.78 is 46.2. The van der Waals surface area contributed by atoms with E-state index in [1.807, 2.05) is 53.1 Å². The van der Waals surface area contributed by atoms with Crippen molar-refractivity contribution in [2.24, 2.45) is 4.99 Å². The van der Waals surface area contributed by atoms with Gasteiger partial charge in [0.2, 0.25) is 5.91 Å². The Morgan fingerprint density at radius 3 is 2.46 bits per heavy atom. The van der Waals surface area contributed by atoms with Gasteiger partial charge in [-0.15, -0.1) is 0 Å². The fourth-order valence-electron chi connectivity index (χ4n) is 4.29. The fraction of sp³-hybridized carbons (Fsp3) is 0.133. The number of allylic oxidation sites excluding steroid dienone is 1. The van der Waals surface area contributed by atoms with Gasteiger partial charge in [-0.1, -0.05) is 19.2 Å². The maximum Gasteiger partial charge on any atom is 0.247 e. The minimum Gasteiger partial charge on any atom is -0.489 e. The maximum absolute atomic E-state index is 13.9. The Kier molecular flexibility index (Phi) is 8.19. The van der Waals surface area contributed by atoms with E-state index in [2.05, 4.69) is 23.5 Å². The van der Waals surface area contributed by atoms with Crippen LogP contribution in [-0.4, -0.2) is 25.2 Å². The van der Waals surface area contributed by atoms with Crippen molar-refractivity contribution in [2.45, 2.75) is 19.6 Å². The predicted octanol–water partition coefficient (Wildman–Crippen LogP) is 6.58. The third-order valence-corrected chi connectivity index (χ3v) is 6.16. The van der Waals surface area contributed by atoms with E-state index < -0.39 is 17.5 Å². The predicted molar refractivity (Wildman–Crippen MR) is 148 cm³/mol. The number of aliphatic imine (C=N–C) groups is 1. The summed E-state index contributed by atoms with van der Waals surface area (Å²) in [5.41, 5.74) is 3.04. The Balaban J connectivity index is 1.58. The van der Waals surface area contributed by atoms with Gasteiger partial charge >= 0.3 is 0 Å². The smallest absolute Gasteiger partial charge is 0.247 e. The molecule has 0 aliphatic carbocycles. The van der Waals surface area contributed by atoms with Crippen molar-refractivity contribution in [3.8, 4) is 5.75 Å². The van der Waals surface area contributed by atoms with Gasteiger partial charge in [0.05, 0.1) is 6.04 Å². The lowest BCUT2D eigenvalue weighted by molar-refractivity contribution is -0.111. The zero-order valence-electron chi connectivity index (χ0n) is 21.5. The number of hydrogen-bond acceptors (Lipinski definition) is 5. The van der Waals surface area contributed by atoms with E-state index in [-0.39, 0.29) is 24.1 Å². The van der Waals surface area contributed by atoms with Crippen molar-refractivity contribution in [2.75, 3.05) is 22.2 Å². The van der Waals surface area contributed by atoms with Crippen LogP contribution >= 0.6 is 0 Å². The van der Waals surface area contributed by atoms with Crippen molar-refractivity contribution in [1.82, 2.24) is 0 Å². The Bertz CT molecular complexity index is 1470. The lowest BCUT2D eigenvalue weighted by Gasteiger charge is -2.25. The number of amides is 1. The summed E-state index contributed by atoms with van der Waals surface area (Å²) in [6.07, 6.45) is 4.81. The minimum atomic E-state index is -1.25. The van der Waals surface area contributed by atoms with Gasteiger partial charge in [0.15, 0.2) is 11.6 Å². The monoisotopic (exact) mass is 532 g/mol. The Hall–Kier alpha value is -4.79. The first-order valence-corrected chi connectivity index (χ1v) is 12.0. The summed E-state index contributed by atoms with van der Waals surface area (Å²) >= 11 is 0. The molecule has 0 spiro atoms. The van der Waals surface area contributed by atoms with Gasteiger partial charge < -0.3 is 15.0 Å². The van der Waals surface area contributed by atoms with Gasteiger partial charge in [-0.25, -0.2) is 13.2 Å². The van der Waals surface area contributed by atoms with Crippen molar-refractivity contribution in [1.29, 1.82) is 0 Å². The van der Waals surface area contributed by atoms with Gasteiger partial charge in [0, 0.05) is 47.7 Å². The highest BCUT2D eigenvalue weighted by Crippen LogP contribution is 2.40. The fourth-order valence-corrected chi connectivity index (χ4v) is 4.29. The summed E-state index contributed by atoms with van der Waals surface area (Å²) in [7, 11) is 1.68. The van der Waals surface area contributed by atoms with Gasteiger partial charge in [0.1, 0.15) is 24.0 Å². The number of rotatable bonds is 8. The molecule has 3 aromatic carbocycles. The number of anilines is 3. The number of benzene rings is 3. The molecule has 0 saturated carbocycles. The van der Waals surface area contributed by atoms with Crippen LogP contribution in [-0.2, 0) is 11.4 Å². The lowest BCUT2D eigenvalue weighted by atomic mass is 10.1. The summed E-state index contributed by atoms with van der Waals surface area (Å²) in [6.45, 7) is 9.59. The molecule has 1 fully saturated rings. The molecule has 1 aliphatic heterocycles. The van der Waals surface area contributed by atoms with E-state index >= 15 is 0 Å². The number of nitrogens with one attached hydrogen (secondary N) is 1. The molecule has 1 amide bonds. The number of nitrogens with zero attached hydrogens (tertiary/aromatic N) is 3. The Morgan fingerprint density at radius 1 is 1.05 bits per heavy atom. The van der Waals surface area contributed by atoms with E-state index in [4.69, 9.17) is 4.74 Å². The molecular formula is C30H27F3N4O2. The second kappa shape index (κ2) is 11.7. The molecule has 3 aromatic rings. The van der Waals surface area contributed by atoms with Crippen LogP contribution in [0.15, 0.2) is 102 Å². The molecule has 1 N–H and O–H groups in total. The third kappa shape index (κ3) is 5.87. The van der Waals surface area contributed by atoms with Gasteiger partial charge in [-0.05, 0) is 67.6 Å². The zero-order valence-corrected chi connectivity index (χ0v) is 21.5. The first-order chi connectivity index (χ1) is 18.7. The first kappa shape index (κ1) is 27.3. The van der Waals surface area contributed by atoms with Crippen LogP contribution in [0.25, 0.3) is 0 Å². The Labute approximate surface area is 225 Å². The first-order valence-electron chi connectivity index (χ1n) is 12.0. The van der Waals surface area contributed by atoms with Crippen LogP contribution < -0.4 is 19.9 Å². The van der Waals surface area contributed by atoms with Crippen molar-refractivity contribution < 1.29 is 22.7 Å². The van der Waals surface area contributed by atoms with E-state index in [1.54, 1.807) is 31.5 Å². The summed E-state index contributed by atoms with van der Waals surface area (Å²) in [6, 6.07) is 15.6. The normalized spacial score (nSPS) is 16.3. The maximum atomic E-state index is 13.9. The van der Waals surface area contributed by atoms with Crippen LogP contribution in [0.1, 0.15) is 12.5 Å². The molecule has 200 valence electrons. The topological polar surface area (TPSA) is 57.2 Å². The van der Waals surface area contributed by atoms with E-state index in [9.17, 15) is 18.0 Å². The number of halogens is 3. The third-order valence-electron chi connectivity index (χ3n) is 6.16.